The molecule has 0 aromatic heterocycles. The van der Waals surface area contributed by atoms with Gasteiger partial charge in [0.25, 0.3) is 0 Å². The Bertz CT molecular complexity index is 814. The van der Waals surface area contributed by atoms with Gasteiger partial charge in [-0.1, -0.05) is 13.8 Å². The second kappa shape index (κ2) is 6.45. The molecule has 0 aliphatic carbocycles. The molecule has 0 saturated heterocycles. The first-order valence-electron chi connectivity index (χ1n) is 7.76. The number of nitrogens with zero attached hydrogens (tertiary/aromatic N) is 1. The zero-order valence-electron chi connectivity index (χ0n) is 13.4. The fourth-order valence-corrected chi connectivity index (χ4v) is 3.14. The van der Waals surface area contributed by atoms with Crippen LogP contribution in [0.3, 0.4) is 0 Å². The molecule has 3 rings (SSSR count). The highest BCUT2D eigenvalue weighted by molar-refractivity contribution is 7.79. The second-order valence-electron chi connectivity index (χ2n) is 5.62. The van der Waals surface area contributed by atoms with Crippen molar-refractivity contribution < 1.29 is 17.9 Å². The van der Waals surface area contributed by atoms with E-state index in [2.05, 4.69) is 0 Å². The van der Waals surface area contributed by atoms with Gasteiger partial charge in [-0.15, -0.1) is 0 Å². The van der Waals surface area contributed by atoms with Crippen molar-refractivity contribution in [2.24, 2.45) is 4.99 Å². The Morgan fingerprint density at radius 1 is 1.17 bits per heavy atom. The maximum atomic E-state index is 13.2. The largest absolute Gasteiger partial charge is 0.768 e. The third kappa shape index (κ3) is 2.99. The maximum Gasteiger partial charge on any atom is 0.200 e. The molecule has 2 aromatic carbocycles. The number of rotatable bonds is 4. The molecule has 1 atom stereocenters. The monoisotopic (exact) mass is 346 g/mol. The molecule has 0 amide bonds. The van der Waals surface area contributed by atoms with Gasteiger partial charge in [0.15, 0.2) is 5.72 Å². The van der Waals surface area contributed by atoms with Crippen LogP contribution in [0.25, 0.3) is 0 Å². The van der Waals surface area contributed by atoms with E-state index in [0.717, 1.165) is 5.56 Å². The van der Waals surface area contributed by atoms with E-state index in [0.29, 0.717) is 29.9 Å². The van der Waals surface area contributed by atoms with Crippen LogP contribution in [0.4, 0.5) is 4.39 Å². The van der Waals surface area contributed by atoms with Gasteiger partial charge in [0.05, 0.1) is 5.71 Å². The summed E-state index contributed by atoms with van der Waals surface area (Å²) in [7, 11) is 0. The van der Waals surface area contributed by atoms with Crippen LogP contribution in [-0.2, 0) is 11.1 Å². The highest BCUT2D eigenvalue weighted by Crippen LogP contribution is 2.37. The Kier molecular flexibility index (Phi) is 4.51. The summed E-state index contributed by atoms with van der Waals surface area (Å²) in [4.78, 5) is 4.95. The molecule has 1 aliphatic heterocycles. The third-order valence-electron chi connectivity index (χ3n) is 4.24. The molecule has 0 saturated carbocycles. The lowest BCUT2D eigenvalue weighted by atomic mass is 9.97. The lowest BCUT2D eigenvalue weighted by Gasteiger charge is -2.35. The number of fused-ring (bicyclic) bond motifs is 1. The molecule has 6 heteroatoms. The van der Waals surface area contributed by atoms with Crippen LogP contribution < -0.4 is 4.74 Å². The molecule has 1 aliphatic rings. The van der Waals surface area contributed by atoms with Crippen molar-refractivity contribution in [2.45, 2.75) is 37.3 Å². The van der Waals surface area contributed by atoms with E-state index in [9.17, 15) is 13.2 Å². The smallest absolute Gasteiger partial charge is 0.200 e. The first-order valence-corrected chi connectivity index (χ1v) is 8.84. The SMILES string of the molecule is CCC1(CC)N=C(c2ccc(F)cc2)c2ccc(S(=O)[O-])cc2O1. The fraction of sp³-hybridized carbons (Fsp3) is 0.278. The van der Waals surface area contributed by atoms with Crippen LogP contribution >= 0.6 is 0 Å². The molecule has 2 aromatic rings. The van der Waals surface area contributed by atoms with Crippen molar-refractivity contribution in [1.82, 2.24) is 0 Å². The van der Waals surface area contributed by atoms with Crippen molar-refractivity contribution in [1.29, 1.82) is 0 Å². The minimum absolute atomic E-state index is 0.162. The number of hydrogen-bond acceptors (Lipinski definition) is 4. The molecule has 24 heavy (non-hydrogen) atoms. The Balaban J connectivity index is 2.19. The summed E-state index contributed by atoms with van der Waals surface area (Å²) in [5.74, 6) is 0.163. The molecule has 126 valence electrons. The van der Waals surface area contributed by atoms with Crippen molar-refractivity contribution >= 4 is 16.8 Å². The summed E-state index contributed by atoms with van der Waals surface area (Å²) in [5.41, 5.74) is 1.40. The van der Waals surface area contributed by atoms with Crippen LogP contribution in [0.5, 0.6) is 5.75 Å². The lowest BCUT2D eigenvalue weighted by molar-refractivity contribution is 0.0656. The van der Waals surface area contributed by atoms with Crippen LogP contribution in [-0.4, -0.2) is 20.2 Å². The van der Waals surface area contributed by atoms with Crippen molar-refractivity contribution in [3.05, 3.63) is 59.4 Å². The molecule has 0 spiro atoms. The Hall–Kier alpha value is -2.05. The molecule has 0 N–H and O–H groups in total. The lowest BCUT2D eigenvalue weighted by Crippen LogP contribution is -2.37. The van der Waals surface area contributed by atoms with E-state index < -0.39 is 16.8 Å². The first-order chi connectivity index (χ1) is 11.5. The predicted molar refractivity (Wildman–Crippen MR) is 89.6 cm³/mol. The van der Waals surface area contributed by atoms with Gasteiger partial charge in [-0.25, -0.2) is 9.38 Å². The molecule has 0 fully saturated rings. The van der Waals surface area contributed by atoms with Gasteiger partial charge in [0.1, 0.15) is 11.6 Å². The number of aliphatic imine (C=N–C) groups is 1. The first kappa shape index (κ1) is 16.8. The highest BCUT2D eigenvalue weighted by Gasteiger charge is 2.34. The van der Waals surface area contributed by atoms with Crippen molar-refractivity contribution in [2.75, 3.05) is 0 Å². The van der Waals surface area contributed by atoms with Gasteiger partial charge >= 0.3 is 0 Å². The predicted octanol–water partition coefficient (Wildman–Crippen LogP) is 3.81. The normalized spacial score (nSPS) is 16.8. The van der Waals surface area contributed by atoms with Gasteiger partial charge in [0, 0.05) is 28.9 Å². The van der Waals surface area contributed by atoms with E-state index in [-0.39, 0.29) is 10.7 Å². The van der Waals surface area contributed by atoms with E-state index in [1.54, 1.807) is 18.2 Å². The molecule has 4 nitrogen and oxygen atoms in total. The molecule has 0 bridgehead atoms. The van der Waals surface area contributed by atoms with Gasteiger partial charge in [-0.05, 0) is 53.5 Å². The Labute approximate surface area is 142 Å². The fourth-order valence-electron chi connectivity index (χ4n) is 2.76. The van der Waals surface area contributed by atoms with E-state index in [1.807, 2.05) is 13.8 Å². The second-order valence-corrected chi connectivity index (χ2v) is 6.56. The van der Waals surface area contributed by atoms with Crippen LogP contribution in [0, 0.1) is 5.82 Å². The molecular formula is C18H17FNO3S-. The van der Waals surface area contributed by atoms with Crippen LogP contribution in [0.15, 0.2) is 52.4 Å². The van der Waals surface area contributed by atoms with Crippen molar-refractivity contribution in [3.8, 4) is 5.75 Å². The average molecular weight is 346 g/mol. The van der Waals surface area contributed by atoms with E-state index in [4.69, 9.17) is 9.73 Å². The number of benzene rings is 2. The van der Waals surface area contributed by atoms with E-state index >= 15 is 0 Å². The summed E-state index contributed by atoms with van der Waals surface area (Å²) in [6.07, 6.45) is 1.27. The summed E-state index contributed by atoms with van der Waals surface area (Å²) in [6.45, 7) is 3.94. The standard InChI is InChI=1S/C18H18FNO3S/c1-3-18(4-2)20-17(12-5-7-13(19)8-6-12)15-10-9-14(24(21)22)11-16(15)23-18/h5-11H,3-4H2,1-2H3,(H,21,22)/p-1. The van der Waals surface area contributed by atoms with Crippen LogP contribution in [0.2, 0.25) is 0 Å². The summed E-state index contributed by atoms with van der Waals surface area (Å²) < 4.78 is 41.8. The van der Waals surface area contributed by atoms with Crippen LogP contribution in [0.1, 0.15) is 37.8 Å². The van der Waals surface area contributed by atoms with Gasteiger partial charge in [0.2, 0.25) is 0 Å². The number of halogens is 1. The molecule has 0 radical (unpaired) electrons. The van der Waals surface area contributed by atoms with E-state index in [1.165, 1.54) is 24.3 Å². The summed E-state index contributed by atoms with van der Waals surface area (Å²) >= 11 is -2.33. The molecule has 1 heterocycles. The minimum atomic E-state index is -2.33. The van der Waals surface area contributed by atoms with Gasteiger partial charge in [-0.3, -0.25) is 4.21 Å². The quantitative estimate of drug-likeness (QED) is 0.791. The summed E-state index contributed by atoms with van der Waals surface area (Å²) in [5, 5.41) is 0. The Morgan fingerprint density at radius 3 is 2.42 bits per heavy atom. The highest BCUT2D eigenvalue weighted by atomic mass is 32.2. The van der Waals surface area contributed by atoms with Gasteiger partial charge in [-0.2, -0.15) is 0 Å². The molecular weight excluding hydrogens is 329 g/mol. The summed E-state index contributed by atoms with van der Waals surface area (Å²) in [6, 6.07) is 10.8. The Morgan fingerprint density at radius 2 is 1.83 bits per heavy atom. The van der Waals surface area contributed by atoms with Gasteiger partial charge < -0.3 is 9.29 Å². The molecule has 1 unspecified atom stereocenters. The minimum Gasteiger partial charge on any atom is -0.768 e. The van der Waals surface area contributed by atoms with Crippen molar-refractivity contribution in [3.63, 3.8) is 0 Å². The topological polar surface area (TPSA) is 61.7 Å². The third-order valence-corrected chi connectivity index (χ3v) is 4.88. The number of ether oxygens (including phenoxy) is 1. The average Bonchev–Trinajstić information content (AvgIpc) is 2.60. The zero-order chi connectivity index (χ0) is 17.3. The zero-order valence-corrected chi connectivity index (χ0v) is 14.2. The maximum absolute atomic E-state index is 13.2. The number of hydrogen-bond donors (Lipinski definition) is 0.